The first-order chi connectivity index (χ1) is 18.9. The fourth-order valence-corrected chi connectivity index (χ4v) is 4.82. The molecule has 3 aromatic carbocycles. The molecule has 1 saturated carbocycles. The third-order valence-electron chi connectivity index (χ3n) is 6.95. The molecule has 1 fully saturated rings. The first kappa shape index (κ1) is 27.6. The lowest BCUT2D eigenvalue weighted by Crippen LogP contribution is -2.32. The van der Waals surface area contributed by atoms with Crippen molar-refractivity contribution in [2.45, 2.75) is 51.0 Å². The number of hydrogen-bond acceptors (Lipinski definition) is 5. The number of anilines is 1. The van der Waals surface area contributed by atoms with Crippen LogP contribution in [0.5, 0.6) is 0 Å². The zero-order valence-electron chi connectivity index (χ0n) is 21.4. The minimum Gasteiger partial charge on any atom is -0.320 e. The van der Waals surface area contributed by atoms with Gasteiger partial charge in [0.2, 0.25) is 5.91 Å². The smallest absolute Gasteiger partial charge is 0.265 e. The lowest BCUT2D eigenvalue weighted by atomic mass is 9.84. The number of nitrogens with two attached hydrogens (primary N) is 1. The fourth-order valence-electron chi connectivity index (χ4n) is 4.82. The molecule has 0 bridgehead atoms. The van der Waals surface area contributed by atoms with Crippen LogP contribution in [-0.4, -0.2) is 17.8 Å². The summed E-state index contributed by atoms with van der Waals surface area (Å²) in [5.41, 5.74) is 9.96. The number of carbonyl (C=O) groups is 2. The second-order valence-electron chi connectivity index (χ2n) is 9.53. The molecule has 39 heavy (non-hydrogen) atoms. The third kappa shape index (κ3) is 7.10. The Balaban J connectivity index is 1.56. The van der Waals surface area contributed by atoms with Crippen LogP contribution in [0.15, 0.2) is 76.9 Å². The monoisotopic (exact) mass is 532 g/mol. The number of amides is 2. The molecule has 0 aromatic heterocycles. The van der Waals surface area contributed by atoms with Crippen LogP contribution < -0.4 is 16.1 Å². The SMILES string of the molecule is N=N/C(=N\N)NC(=O)c1ccc(CN(C(=O)Cc2ccc(F)cc2F)c2ccc(C3CCCCC3)cc2)cc1. The Kier molecular flexibility index (Phi) is 9.09. The molecule has 1 aliphatic rings. The Labute approximate surface area is 225 Å². The van der Waals surface area contributed by atoms with Crippen molar-refractivity contribution in [1.82, 2.24) is 5.32 Å². The molecule has 0 spiro atoms. The average Bonchev–Trinajstić information content (AvgIpc) is 2.96. The third-order valence-corrected chi connectivity index (χ3v) is 6.95. The van der Waals surface area contributed by atoms with E-state index in [-0.39, 0.29) is 36.0 Å². The van der Waals surface area contributed by atoms with E-state index >= 15 is 0 Å². The van der Waals surface area contributed by atoms with Gasteiger partial charge in [0.1, 0.15) is 11.6 Å². The first-order valence-corrected chi connectivity index (χ1v) is 12.8. The summed E-state index contributed by atoms with van der Waals surface area (Å²) in [6.45, 7) is 0.171. The van der Waals surface area contributed by atoms with Crippen molar-refractivity contribution >= 4 is 23.5 Å². The quantitative estimate of drug-likeness (QED) is 0.117. The maximum absolute atomic E-state index is 14.3. The van der Waals surface area contributed by atoms with Gasteiger partial charge in [-0.3, -0.25) is 14.9 Å². The number of guanidine groups is 1. The lowest BCUT2D eigenvalue weighted by molar-refractivity contribution is -0.118. The molecule has 0 unspecified atom stereocenters. The standard InChI is InChI=1S/C29H30F2N6O2/c30-24-13-10-23(26(31)17-24)16-27(38)37(25-14-11-21(12-15-25)20-4-2-1-3-5-20)18-19-6-8-22(9-7-19)28(39)34-29(35-32)36-33/h6-15,17,20,32H,1-5,16,18,33H2,(H,34,36,39). The fraction of sp³-hybridized carbons (Fsp3) is 0.276. The van der Waals surface area contributed by atoms with E-state index in [0.717, 1.165) is 30.5 Å². The number of benzene rings is 3. The van der Waals surface area contributed by atoms with E-state index in [9.17, 15) is 18.4 Å². The van der Waals surface area contributed by atoms with Crippen LogP contribution in [0.2, 0.25) is 0 Å². The van der Waals surface area contributed by atoms with Crippen molar-refractivity contribution in [2.24, 2.45) is 16.1 Å². The lowest BCUT2D eigenvalue weighted by Gasteiger charge is -2.26. The van der Waals surface area contributed by atoms with E-state index in [1.165, 1.54) is 30.9 Å². The molecule has 8 nitrogen and oxygen atoms in total. The maximum Gasteiger partial charge on any atom is 0.265 e. The Morgan fingerprint density at radius 2 is 1.67 bits per heavy atom. The van der Waals surface area contributed by atoms with Gasteiger partial charge in [-0.1, -0.05) is 49.6 Å². The van der Waals surface area contributed by atoms with Gasteiger partial charge < -0.3 is 10.7 Å². The summed E-state index contributed by atoms with van der Waals surface area (Å²) in [5, 5.41) is 8.53. The number of carbonyl (C=O) groups excluding carboxylic acids is 2. The van der Waals surface area contributed by atoms with Crippen LogP contribution in [-0.2, 0) is 17.8 Å². The summed E-state index contributed by atoms with van der Waals surface area (Å²) in [5.74, 6) is 2.89. The van der Waals surface area contributed by atoms with Crippen LogP contribution in [0.1, 0.15) is 65.1 Å². The summed E-state index contributed by atoms with van der Waals surface area (Å²) in [4.78, 5) is 27.3. The van der Waals surface area contributed by atoms with Crippen molar-refractivity contribution in [3.63, 3.8) is 0 Å². The van der Waals surface area contributed by atoms with Gasteiger partial charge in [0.25, 0.3) is 11.9 Å². The normalized spacial score (nSPS) is 14.1. The van der Waals surface area contributed by atoms with Crippen LogP contribution >= 0.6 is 0 Å². The highest BCUT2D eigenvalue weighted by Crippen LogP contribution is 2.33. The van der Waals surface area contributed by atoms with Crippen LogP contribution in [0, 0.1) is 17.2 Å². The number of nitrogens with one attached hydrogen (secondary N) is 2. The molecule has 0 radical (unpaired) electrons. The minimum atomic E-state index is -0.772. The van der Waals surface area contributed by atoms with Gasteiger partial charge in [-0.15, -0.1) is 10.2 Å². The number of nitrogens with zero attached hydrogens (tertiary/aromatic N) is 3. The van der Waals surface area contributed by atoms with Gasteiger partial charge in [-0.2, -0.15) is 0 Å². The Bertz CT molecular complexity index is 1350. The van der Waals surface area contributed by atoms with E-state index in [1.54, 1.807) is 29.2 Å². The zero-order chi connectivity index (χ0) is 27.8. The molecule has 0 heterocycles. The summed E-state index contributed by atoms with van der Waals surface area (Å²) in [7, 11) is 0. The molecule has 0 atom stereocenters. The number of rotatable bonds is 7. The van der Waals surface area contributed by atoms with Crippen molar-refractivity contribution in [3.05, 3.63) is 101 Å². The number of halogens is 2. The van der Waals surface area contributed by atoms with E-state index in [0.29, 0.717) is 11.6 Å². The molecular formula is C29H30F2N6O2. The van der Waals surface area contributed by atoms with Gasteiger partial charge in [-0.25, -0.2) is 14.3 Å². The van der Waals surface area contributed by atoms with Gasteiger partial charge >= 0.3 is 0 Å². The molecule has 1 aliphatic carbocycles. The molecule has 4 N–H and O–H groups in total. The Morgan fingerprint density at radius 3 is 2.28 bits per heavy atom. The number of hydrazone groups is 1. The molecule has 202 valence electrons. The largest absolute Gasteiger partial charge is 0.320 e. The van der Waals surface area contributed by atoms with Crippen molar-refractivity contribution in [3.8, 4) is 0 Å². The molecule has 2 amide bonds. The van der Waals surface area contributed by atoms with Gasteiger partial charge in [0.15, 0.2) is 0 Å². The van der Waals surface area contributed by atoms with Crippen LogP contribution in [0.25, 0.3) is 0 Å². The second kappa shape index (κ2) is 12.9. The van der Waals surface area contributed by atoms with Crippen molar-refractivity contribution < 1.29 is 18.4 Å². The zero-order valence-corrected chi connectivity index (χ0v) is 21.4. The van der Waals surface area contributed by atoms with Crippen LogP contribution in [0.3, 0.4) is 0 Å². The highest BCUT2D eigenvalue weighted by Gasteiger charge is 2.21. The highest BCUT2D eigenvalue weighted by atomic mass is 19.1. The molecular weight excluding hydrogens is 502 g/mol. The maximum atomic E-state index is 14.3. The summed E-state index contributed by atoms with van der Waals surface area (Å²) in [6.07, 6.45) is 5.76. The first-order valence-electron chi connectivity index (χ1n) is 12.8. The van der Waals surface area contributed by atoms with E-state index < -0.39 is 17.5 Å². The molecule has 0 saturated heterocycles. The van der Waals surface area contributed by atoms with E-state index in [4.69, 9.17) is 11.4 Å². The average molecular weight is 533 g/mol. The summed E-state index contributed by atoms with van der Waals surface area (Å²) < 4.78 is 27.7. The molecule has 0 aliphatic heterocycles. The minimum absolute atomic E-state index is 0.106. The van der Waals surface area contributed by atoms with Gasteiger partial charge in [0.05, 0.1) is 13.0 Å². The predicted octanol–water partition coefficient (Wildman–Crippen LogP) is 5.78. The second-order valence-corrected chi connectivity index (χ2v) is 9.53. The Morgan fingerprint density at radius 1 is 0.974 bits per heavy atom. The van der Waals surface area contributed by atoms with Gasteiger partial charge in [0, 0.05) is 17.3 Å². The van der Waals surface area contributed by atoms with Crippen LogP contribution in [0.4, 0.5) is 14.5 Å². The predicted molar refractivity (Wildman–Crippen MR) is 144 cm³/mol. The highest BCUT2D eigenvalue weighted by molar-refractivity contribution is 6.05. The molecule has 3 aromatic rings. The van der Waals surface area contributed by atoms with E-state index in [1.807, 2.05) is 24.3 Å². The molecule has 10 heteroatoms. The number of hydrogen-bond donors (Lipinski definition) is 3. The van der Waals surface area contributed by atoms with Gasteiger partial charge in [-0.05, 0) is 65.8 Å². The Hall–Kier alpha value is -4.47. The van der Waals surface area contributed by atoms with Crippen molar-refractivity contribution in [1.29, 1.82) is 5.53 Å². The van der Waals surface area contributed by atoms with Crippen molar-refractivity contribution in [2.75, 3.05) is 4.90 Å². The van der Waals surface area contributed by atoms with E-state index in [2.05, 4.69) is 15.5 Å². The molecule has 4 rings (SSSR count). The summed E-state index contributed by atoms with van der Waals surface area (Å²) in [6, 6.07) is 17.6. The summed E-state index contributed by atoms with van der Waals surface area (Å²) >= 11 is 0. The topological polar surface area (TPSA) is 124 Å².